The van der Waals surface area contributed by atoms with Crippen molar-refractivity contribution in [2.75, 3.05) is 6.61 Å². The van der Waals surface area contributed by atoms with Crippen LogP contribution in [0.2, 0.25) is 0 Å². The third-order valence-electron chi connectivity index (χ3n) is 3.95. The molecule has 6 nitrogen and oxygen atoms in total. The molecule has 3 aromatic heterocycles. The molecule has 1 aromatic carbocycles. The van der Waals surface area contributed by atoms with Crippen LogP contribution in [0.5, 0.6) is 0 Å². The highest BCUT2D eigenvalue weighted by Crippen LogP contribution is 2.26. The first-order chi connectivity index (χ1) is 12.8. The van der Waals surface area contributed by atoms with Crippen LogP contribution in [0.4, 0.5) is 0 Å². The second-order valence-corrected chi connectivity index (χ2v) is 6.52. The molecule has 4 aromatic rings. The Balaban J connectivity index is 1.80. The minimum atomic E-state index is -0.238. The van der Waals surface area contributed by atoms with Crippen molar-refractivity contribution in [3.8, 4) is 16.5 Å². The van der Waals surface area contributed by atoms with Gasteiger partial charge in [0.05, 0.1) is 30.9 Å². The molecule has 0 unspecified atom stereocenters. The summed E-state index contributed by atoms with van der Waals surface area (Å²) < 4.78 is 7.05. The van der Waals surface area contributed by atoms with Gasteiger partial charge in [-0.1, -0.05) is 18.2 Å². The lowest BCUT2D eigenvalue weighted by Gasteiger charge is -2.05. The molecule has 0 aliphatic carbocycles. The molecule has 0 spiro atoms. The van der Waals surface area contributed by atoms with E-state index < -0.39 is 0 Å². The zero-order valence-electron chi connectivity index (χ0n) is 14.1. The third kappa shape index (κ3) is 3.09. The van der Waals surface area contributed by atoms with Gasteiger partial charge in [0, 0.05) is 23.2 Å². The highest BCUT2D eigenvalue weighted by Gasteiger charge is 2.15. The van der Waals surface area contributed by atoms with Crippen molar-refractivity contribution in [1.29, 1.82) is 0 Å². The van der Waals surface area contributed by atoms with Gasteiger partial charge in [0.2, 0.25) is 0 Å². The van der Waals surface area contributed by atoms with Gasteiger partial charge in [-0.2, -0.15) is 0 Å². The summed E-state index contributed by atoms with van der Waals surface area (Å²) in [6, 6.07) is 7.92. The number of fused-ring (bicyclic) bond motifs is 1. The molecule has 7 heteroatoms. The summed E-state index contributed by atoms with van der Waals surface area (Å²) in [5.74, 6) is 0.446. The Morgan fingerprint density at radius 3 is 2.96 bits per heavy atom. The molecule has 0 aliphatic rings. The molecular weight excluding hydrogens is 348 g/mol. The average Bonchev–Trinajstić information content (AvgIpc) is 3.31. The molecule has 0 atom stereocenters. The number of benzene rings is 1. The van der Waals surface area contributed by atoms with Crippen LogP contribution in [0.15, 0.2) is 54.4 Å². The van der Waals surface area contributed by atoms with Gasteiger partial charge in [0.1, 0.15) is 10.7 Å². The Labute approximate surface area is 154 Å². The Hall–Kier alpha value is -3.06. The van der Waals surface area contributed by atoms with Crippen LogP contribution >= 0.6 is 11.3 Å². The van der Waals surface area contributed by atoms with Crippen LogP contribution in [-0.2, 0) is 16.0 Å². The largest absolute Gasteiger partial charge is 0.466 e. The Bertz CT molecular complexity index is 1060. The summed E-state index contributed by atoms with van der Waals surface area (Å²) in [6.45, 7) is 2.18. The Morgan fingerprint density at radius 1 is 1.27 bits per heavy atom. The van der Waals surface area contributed by atoms with Crippen LogP contribution in [0.1, 0.15) is 12.5 Å². The molecule has 0 saturated carbocycles. The van der Waals surface area contributed by atoms with E-state index in [0.717, 1.165) is 27.2 Å². The summed E-state index contributed by atoms with van der Waals surface area (Å²) in [5.41, 5.74) is 2.60. The maximum absolute atomic E-state index is 11.9. The fourth-order valence-electron chi connectivity index (χ4n) is 2.87. The zero-order valence-corrected chi connectivity index (χ0v) is 14.9. The van der Waals surface area contributed by atoms with Gasteiger partial charge in [0.15, 0.2) is 5.82 Å². The highest BCUT2D eigenvalue weighted by molar-refractivity contribution is 7.13. The van der Waals surface area contributed by atoms with Crippen LogP contribution in [0.25, 0.3) is 27.4 Å². The predicted molar refractivity (Wildman–Crippen MR) is 100 cm³/mol. The molecule has 3 heterocycles. The van der Waals surface area contributed by atoms with Crippen molar-refractivity contribution in [3.05, 3.63) is 60.0 Å². The Morgan fingerprint density at radius 2 is 2.15 bits per heavy atom. The van der Waals surface area contributed by atoms with E-state index in [1.165, 1.54) is 11.3 Å². The Kier molecular flexibility index (Phi) is 4.45. The first-order valence-corrected chi connectivity index (χ1v) is 9.11. The van der Waals surface area contributed by atoms with Gasteiger partial charge < -0.3 is 4.74 Å². The van der Waals surface area contributed by atoms with Crippen molar-refractivity contribution >= 4 is 28.2 Å². The van der Waals surface area contributed by atoms with Gasteiger partial charge in [0.25, 0.3) is 0 Å². The number of thiazole rings is 1. The minimum Gasteiger partial charge on any atom is -0.466 e. The van der Waals surface area contributed by atoms with Crippen molar-refractivity contribution in [2.24, 2.45) is 0 Å². The molecule has 130 valence electrons. The third-order valence-corrected chi connectivity index (χ3v) is 4.75. The van der Waals surface area contributed by atoms with E-state index in [2.05, 4.69) is 9.97 Å². The number of para-hydroxylation sites is 1. The lowest BCUT2D eigenvalue weighted by atomic mass is 10.1. The van der Waals surface area contributed by atoms with Crippen molar-refractivity contribution in [1.82, 2.24) is 19.5 Å². The van der Waals surface area contributed by atoms with Crippen molar-refractivity contribution in [3.63, 3.8) is 0 Å². The quantitative estimate of drug-likeness (QED) is 0.506. The van der Waals surface area contributed by atoms with Gasteiger partial charge in [-0.3, -0.25) is 14.3 Å². The lowest BCUT2D eigenvalue weighted by molar-refractivity contribution is -0.142. The molecule has 0 saturated heterocycles. The smallest absolute Gasteiger partial charge is 0.310 e. The number of hydrogen-bond acceptors (Lipinski definition) is 6. The molecule has 4 rings (SSSR count). The molecule has 0 fully saturated rings. The topological polar surface area (TPSA) is 69.9 Å². The zero-order chi connectivity index (χ0) is 17.9. The second-order valence-electron chi connectivity index (χ2n) is 5.62. The average molecular weight is 364 g/mol. The SMILES string of the molecule is CCOC(=O)Cc1cn(-c2cncc(-c3nccs3)n2)c2ccccc12. The summed E-state index contributed by atoms with van der Waals surface area (Å²) in [5, 5.41) is 3.73. The number of hydrogen-bond donors (Lipinski definition) is 0. The summed E-state index contributed by atoms with van der Waals surface area (Å²) in [7, 11) is 0. The first kappa shape index (κ1) is 16.4. The second kappa shape index (κ2) is 7.05. The van der Waals surface area contributed by atoms with E-state index in [1.54, 1.807) is 25.5 Å². The van der Waals surface area contributed by atoms with Crippen LogP contribution in [0, 0.1) is 0 Å². The van der Waals surface area contributed by atoms with E-state index >= 15 is 0 Å². The van der Waals surface area contributed by atoms with E-state index in [1.807, 2.05) is 40.4 Å². The number of ether oxygens (including phenoxy) is 1. The van der Waals surface area contributed by atoms with Gasteiger partial charge in [-0.25, -0.2) is 9.97 Å². The van der Waals surface area contributed by atoms with Gasteiger partial charge in [-0.05, 0) is 18.6 Å². The van der Waals surface area contributed by atoms with Crippen LogP contribution < -0.4 is 0 Å². The molecule has 0 radical (unpaired) electrons. The van der Waals surface area contributed by atoms with E-state index in [0.29, 0.717) is 12.4 Å². The van der Waals surface area contributed by atoms with E-state index in [-0.39, 0.29) is 12.4 Å². The first-order valence-electron chi connectivity index (χ1n) is 8.23. The van der Waals surface area contributed by atoms with E-state index in [4.69, 9.17) is 9.72 Å². The molecule has 0 N–H and O–H groups in total. The monoisotopic (exact) mass is 364 g/mol. The van der Waals surface area contributed by atoms with Crippen LogP contribution in [-0.4, -0.2) is 32.1 Å². The van der Waals surface area contributed by atoms with Crippen LogP contribution in [0.3, 0.4) is 0 Å². The van der Waals surface area contributed by atoms with Gasteiger partial charge in [-0.15, -0.1) is 11.3 Å². The summed E-state index contributed by atoms with van der Waals surface area (Å²) in [6.07, 6.45) is 7.31. The van der Waals surface area contributed by atoms with E-state index in [9.17, 15) is 4.79 Å². The molecule has 26 heavy (non-hydrogen) atoms. The number of carbonyl (C=O) groups excluding carboxylic acids is 1. The maximum Gasteiger partial charge on any atom is 0.310 e. The lowest BCUT2D eigenvalue weighted by Crippen LogP contribution is -2.07. The summed E-state index contributed by atoms with van der Waals surface area (Å²) in [4.78, 5) is 25.3. The van der Waals surface area contributed by atoms with Gasteiger partial charge >= 0.3 is 5.97 Å². The number of carbonyl (C=O) groups is 1. The molecule has 0 aliphatic heterocycles. The van der Waals surface area contributed by atoms with Crippen molar-refractivity contribution in [2.45, 2.75) is 13.3 Å². The number of esters is 1. The molecule has 0 bridgehead atoms. The molecule has 0 amide bonds. The predicted octanol–water partition coefficient (Wildman–Crippen LogP) is 3.65. The number of nitrogens with zero attached hydrogens (tertiary/aromatic N) is 4. The summed E-state index contributed by atoms with van der Waals surface area (Å²) >= 11 is 1.52. The maximum atomic E-state index is 11.9. The number of rotatable bonds is 5. The fraction of sp³-hybridized carbons (Fsp3) is 0.158. The standard InChI is InChI=1S/C19H16N4O2S/c1-2-25-18(24)9-13-12-23(16-6-4-3-5-14(13)16)17-11-20-10-15(22-17)19-21-7-8-26-19/h3-8,10-12H,2,9H2,1H3. The fourth-order valence-corrected chi connectivity index (χ4v) is 3.46. The normalized spacial score (nSPS) is 11.0. The number of aromatic nitrogens is 4. The molecular formula is C19H16N4O2S. The highest BCUT2D eigenvalue weighted by atomic mass is 32.1. The van der Waals surface area contributed by atoms with Crippen molar-refractivity contribution < 1.29 is 9.53 Å². The minimum absolute atomic E-state index is 0.223.